The van der Waals surface area contributed by atoms with E-state index in [0.717, 1.165) is 33.8 Å². The maximum absolute atomic E-state index is 10.6. The number of benzene rings is 2. The summed E-state index contributed by atoms with van der Waals surface area (Å²) in [6.07, 6.45) is -0.671. The lowest BCUT2D eigenvalue weighted by atomic mass is 9.96. The smallest absolute Gasteiger partial charge is 0.122 e. The summed E-state index contributed by atoms with van der Waals surface area (Å²) in [5, 5.41) is 10.6. The van der Waals surface area contributed by atoms with E-state index in [0.29, 0.717) is 0 Å². The molecule has 0 aliphatic heterocycles. The molecule has 0 bridgehead atoms. The zero-order chi connectivity index (χ0) is 14.7. The molecule has 1 unspecified atom stereocenters. The van der Waals surface area contributed by atoms with Gasteiger partial charge in [-0.1, -0.05) is 18.2 Å². The van der Waals surface area contributed by atoms with Crippen molar-refractivity contribution in [1.82, 2.24) is 0 Å². The van der Waals surface area contributed by atoms with E-state index in [4.69, 9.17) is 9.47 Å². The Balaban J connectivity index is 2.38. The van der Waals surface area contributed by atoms with Crippen LogP contribution in [-0.4, -0.2) is 19.3 Å². The lowest BCUT2D eigenvalue weighted by Crippen LogP contribution is -2.03. The number of ether oxygens (including phenoxy) is 2. The Bertz CT molecular complexity index is 605. The molecule has 0 heterocycles. The Morgan fingerprint density at radius 3 is 2.25 bits per heavy atom. The van der Waals surface area contributed by atoms with Crippen LogP contribution in [0, 0.1) is 13.8 Å². The van der Waals surface area contributed by atoms with Crippen LogP contribution in [0.15, 0.2) is 36.4 Å². The molecular weight excluding hydrogens is 252 g/mol. The predicted octanol–water partition coefficient (Wildman–Crippen LogP) is 3.40. The molecule has 1 atom stereocenters. The molecule has 1 N–H and O–H groups in total. The average molecular weight is 272 g/mol. The molecule has 0 spiro atoms. The highest BCUT2D eigenvalue weighted by molar-refractivity contribution is 5.43. The van der Waals surface area contributed by atoms with Gasteiger partial charge in [0.25, 0.3) is 0 Å². The van der Waals surface area contributed by atoms with Gasteiger partial charge in [-0.05, 0) is 54.3 Å². The van der Waals surface area contributed by atoms with E-state index in [1.807, 2.05) is 50.2 Å². The van der Waals surface area contributed by atoms with Crippen molar-refractivity contribution in [1.29, 1.82) is 0 Å². The Kier molecular flexibility index (Phi) is 4.30. The van der Waals surface area contributed by atoms with Crippen molar-refractivity contribution in [2.45, 2.75) is 20.0 Å². The van der Waals surface area contributed by atoms with Crippen molar-refractivity contribution in [3.05, 3.63) is 58.7 Å². The van der Waals surface area contributed by atoms with Gasteiger partial charge in [-0.2, -0.15) is 0 Å². The number of hydrogen-bond acceptors (Lipinski definition) is 3. The number of aliphatic hydroxyl groups excluding tert-OH is 1. The Morgan fingerprint density at radius 1 is 0.900 bits per heavy atom. The second kappa shape index (κ2) is 5.97. The summed E-state index contributed by atoms with van der Waals surface area (Å²) in [7, 11) is 3.27. The first-order chi connectivity index (χ1) is 9.56. The number of hydrogen-bond donors (Lipinski definition) is 1. The van der Waals surface area contributed by atoms with Gasteiger partial charge in [-0.15, -0.1) is 0 Å². The molecule has 0 radical (unpaired) electrons. The van der Waals surface area contributed by atoms with Crippen LogP contribution in [0.25, 0.3) is 0 Å². The monoisotopic (exact) mass is 272 g/mol. The molecule has 0 fully saturated rings. The van der Waals surface area contributed by atoms with Gasteiger partial charge in [0.1, 0.15) is 17.6 Å². The lowest BCUT2D eigenvalue weighted by Gasteiger charge is -2.16. The fraction of sp³-hybridized carbons (Fsp3) is 0.294. The number of aliphatic hydroxyl groups is 1. The van der Waals surface area contributed by atoms with Crippen molar-refractivity contribution in [3.8, 4) is 11.5 Å². The highest BCUT2D eigenvalue weighted by Crippen LogP contribution is 2.30. The van der Waals surface area contributed by atoms with Gasteiger partial charge in [0, 0.05) is 0 Å². The van der Waals surface area contributed by atoms with Crippen LogP contribution in [0.4, 0.5) is 0 Å². The predicted molar refractivity (Wildman–Crippen MR) is 79.5 cm³/mol. The van der Waals surface area contributed by atoms with Crippen molar-refractivity contribution < 1.29 is 14.6 Å². The average Bonchev–Trinajstić information content (AvgIpc) is 2.47. The molecule has 0 aliphatic carbocycles. The Labute approximate surface area is 119 Å². The minimum absolute atomic E-state index is 0.671. The van der Waals surface area contributed by atoms with E-state index < -0.39 is 6.10 Å². The van der Waals surface area contributed by atoms with Crippen LogP contribution in [0.1, 0.15) is 28.4 Å². The zero-order valence-electron chi connectivity index (χ0n) is 12.3. The Hall–Kier alpha value is -2.00. The molecule has 106 valence electrons. The standard InChI is InChI=1S/C17H20O3/c1-11-5-6-13(10-16(11)20-4)17(18)15-8-7-14(19-3)9-12(15)2/h5-10,17-18H,1-4H3. The van der Waals surface area contributed by atoms with Crippen molar-refractivity contribution in [3.63, 3.8) is 0 Å². The molecule has 2 aromatic rings. The third-order valence-electron chi connectivity index (χ3n) is 3.52. The molecule has 3 nitrogen and oxygen atoms in total. The first-order valence-electron chi connectivity index (χ1n) is 6.54. The molecule has 0 aromatic heterocycles. The quantitative estimate of drug-likeness (QED) is 0.927. The highest BCUT2D eigenvalue weighted by atomic mass is 16.5. The third kappa shape index (κ3) is 2.78. The third-order valence-corrected chi connectivity index (χ3v) is 3.52. The highest BCUT2D eigenvalue weighted by Gasteiger charge is 2.15. The molecule has 0 aliphatic rings. The van der Waals surface area contributed by atoms with Crippen molar-refractivity contribution >= 4 is 0 Å². The van der Waals surface area contributed by atoms with Gasteiger partial charge >= 0.3 is 0 Å². The molecule has 2 rings (SSSR count). The van der Waals surface area contributed by atoms with E-state index in [2.05, 4.69) is 0 Å². The second-order valence-electron chi connectivity index (χ2n) is 4.85. The maximum Gasteiger partial charge on any atom is 0.122 e. The maximum atomic E-state index is 10.6. The molecule has 2 aromatic carbocycles. The fourth-order valence-electron chi connectivity index (χ4n) is 2.27. The van der Waals surface area contributed by atoms with Gasteiger partial charge in [-0.25, -0.2) is 0 Å². The summed E-state index contributed by atoms with van der Waals surface area (Å²) in [6, 6.07) is 11.4. The van der Waals surface area contributed by atoms with Gasteiger partial charge < -0.3 is 14.6 Å². The van der Waals surface area contributed by atoms with Crippen molar-refractivity contribution in [2.75, 3.05) is 14.2 Å². The SMILES string of the molecule is COc1ccc(C(O)c2ccc(C)c(OC)c2)c(C)c1. The fourth-order valence-corrected chi connectivity index (χ4v) is 2.27. The molecule has 3 heteroatoms. The van der Waals surface area contributed by atoms with Gasteiger partial charge in [0.05, 0.1) is 14.2 Å². The van der Waals surface area contributed by atoms with Gasteiger partial charge in [-0.3, -0.25) is 0 Å². The summed E-state index contributed by atoms with van der Waals surface area (Å²) in [5.41, 5.74) is 3.74. The van der Waals surface area contributed by atoms with Gasteiger partial charge in [0.2, 0.25) is 0 Å². The van der Waals surface area contributed by atoms with E-state index in [9.17, 15) is 5.11 Å². The molecule has 0 saturated carbocycles. The lowest BCUT2D eigenvalue weighted by molar-refractivity contribution is 0.219. The number of methoxy groups -OCH3 is 2. The van der Waals surface area contributed by atoms with Crippen LogP contribution >= 0.6 is 0 Å². The van der Waals surface area contributed by atoms with Crippen LogP contribution < -0.4 is 9.47 Å². The topological polar surface area (TPSA) is 38.7 Å². The summed E-state index contributed by atoms with van der Waals surface area (Å²) in [5.74, 6) is 1.58. The minimum atomic E-state index is -0.671. The first kappa shape index (κ1) is 14.4. The summed E-state index contributed by atoms with van der Waals surface area (Å²) >= 11 is 0. The number of aryl methyl sites for hydroxylation is 2. The molecule has 0 amide bonds. The largest absolute Gasteiger partial charge is 0.497 e. The summed E-state index contributed by atoms with van der Waals surface area (Å²) in [4.78, 5) is 0. The molecule has 0 saturated heterocycles. The van der Waals surface area contributed by atoms with Crippen LogP contribution in [0.5, 0.6) is 11.5 Å². The van der Waals surface area contributed by atoms with Gasteiger partial charge in [0.15, 0.2) is 0 Å². The van der Waals surface area contributed by atoms with Crippen molar-refractivity contribution in [2.24, 2.45) is 0 Å². The van der Waals surface area contributed by atoms with E-state index >= 15 is 0 Å². The Morgan fingerprint density at radius 2 is 1.65 bits per heavy atom. The first-order valence-corrected chi connectivity index (χ1v) is 6.54. The van der Waals surface area contributed by atoms with E-state index in [1.54, 1.807) is 14.2 Å². The van der Waals surface area contributed by atoms with E-state index in [1.165, 1.54) is 0 Å². The minimum Gasteiger partial charge on any atom is -0.497 e. The molecular formula is C17H20O3. The van der Waals surface area contributed by atoms with E-state index in [-0.39, 0.29) is 0 Å². The van der Waals surface area contributed by atoms with Crippen LogP contribution in [0.3, 0.4) is 0 Å². The summed E-state index contributed by atoms with van der Waals surface area (Å²) < 4.78 is 10.5. The zero-order valence-corrected chi connectivity index (χ0v) is 12.3. The number of rotatable bonds is 4. The molecule has 20 heavy (non-hydrogen) atoms. The normalized spacial score (nSPS) is 12.1. The second-order valence-corrected chi connectivity index (χ2v) is 4.85. The van der Waals surface area contributed by atoms with Crippen LogP contribution in [0.2, 0.25) is 0 Å². The van der Waals surface area contributed by atoms with Crippen LogP contribution in [-0.2, 0) is 0 Å². The summed E-state index contributed by atoms with van der Waals surface area (Å²) in [6.45, 7) is 3.94.